The molecule has 0 unspecified atom stereocenters. The molecule has 0 saturated carbocycles. The van der Waals surface area contributed by atoms with Crippen LogP contribution in [0, 0.1) is 0 Å². The summed E-state index contributed by atoms with van der Waals surface area (Å²) in [4.78, 5) is 32.7. The molecule has 0 radical (unpaired) electrons. The number of methoxy groups -OCH3 is 2. The van der Waals surface area contributed by atoms with Crippen molar-refractivity contribution < 1.29 is 19.1 Å². The molecule has 1 aliphatic heterocycles. The number of likely N-dealkylation sites (N-methyl/N-ethyl adjacent to an activating group) is 1. The summed E-state index contributed by atoms with van der Waals surface area (Å²) in [5.41, 5.74) is 2.96. The van der Waals surface area contributed by atoms with Crippen LogP contribution in [0.5, 0.6) is 11.5 Å². The van der Waals surface area contributed by atoms with Gasteiger partial charge in [-0.1, -0.05) is 30.3 Å². The molecule has 2 aromatic carbocycles. The van der Waals surface area contributed by atoms with E-state index < -0.39 is 12.0 Å². The van der Waals surface area contributed by atoms with Gasteiger partial charge in [-0.2, -0.15) is 0 Å². The Kier molecular flexibility index (Phi) is 6.58. The first kappa shape index (κ1) is 22.3. The monoisotopic (exact) mass is 445 g/mol. The summed E-state index contributed by atoms with van der Waals surface area (Å²) in [6.07, 6.45) is 2.36. The quantitative estimate of drug-likeness (QED) is 0.603. The minimum absolute atomic E-state index is 0.122. The van der Waals surface area contributed by atoms with Crippen LogP contribution in [0.25, 0.3) is 0 Å². The summed E-state index contributed by atoms with van der Waals surface area (Å²) in [5, 5.41) is 3.06. The molecule has 2 heterocycles. The lowest BCUT2D eigenvalue weighted by molar-refractivity contribution is -0.124. The van der Waals surface area contributed by atoms with E-state index >= 15 is 0 Å². The van der Waals surface area contributed by atoms with Crippen LogP contribution in [0.15, 0.2) is 66.9 Å². The topological polar surface area (TPSA) is 80.8 Å². The largest absolute Gasteiger partial charge is 0.493 e. The maximum atomic E-state index is 13.5. The third kappa shape index (κ3) is 4.39. The van der Waals surface area contributed by atoms with E-state index in [-0.39, 0.29) is 11.8 Å². The summed E-state index contributed by atoms with van der Waals surface area (Å²) < 4.78 is 10.8. The summed E-state index contributed by atoms with van der Waals surface area (Å²) >= 11 is 0. The van der Waals surface area contributed by atoms with Gasteiger partial charge >= 0.3 is 0 Å². The number of nitrogens with zero attached hydrogens (tertiary/aromatic N) is 2. The van der Waals surface area contributed by atoms with E-state index in [4.69, 9.17) is 9.47 Å². The van der Waals surface area contributed by atoms with Crippen LogP contribution in [0.3, 0.4) is 0 Å². The molecule has 3 aromatic rings. The van der Waals surface area contributed by atoms with E-state index in [1.54, 1.807) is 44.5 Å². The molecule has 0 spiro atoms. The number of hydrogen-bond acceptors (Lipinski definition) is 5. The smallest absolute Gasteiger partial charge is 0.254 e. The molecule has 0 fully saturated rings. The Balaban J connectivity index is 1.69. The average Bonchev–Trinajstić information content (AvgIpc) is 2.86. The number of rotatable bonds is 7. The number of fused-ring (bicyclic) bond motifs is 1. The lowest BCUT2D eigenvalue weighted by Crippen LogP contribution is -2.46. The van der Waals surface area contributed by atoms with Crippen molar-refractivity contribution in [2.45, 2.75) is 18.4 Å². The van der Waals surface area contributed by atoms with Gasteiger partial charge in [0.1, 0.15) is 0 Å². The Hall–Kier alpha value is -3.87. The number of benzene rings is 2. The van der Waals surface area contributed by atoms with Crippen LogP contribution in [0.2, 0.25) is 0 Å². The molecule has 2 amide bonds. The Morgan fingerprint density at radius 1 is 1.03 bits per heavy atom. The molecule has 0 bridgehead atoms. The number of ether oxygens (including phenoxy) is 2. The molecular formula is C26H27N3O4. The molecule has 170 valence electrons. The second-order valence-electron chi connectivity index (χ2n) is 7.90. The molecule has 0 aliphatic carbocycles. The Morgan fingerprint density at radius 2 is 1.79 bits per heavy atom. The zero-order valence-electron chi connectivity index (χ0n) is 18.9. The summed E-state index contributed by atoms with van der Waals surface area (Å²) in [6.45, 7) is 0.449. The van der Waals surface area contributed by atoms with Crippen LogP contribution in [0.1, 0.15) is 39.1 Å². The van der Waals surface area contributed by atoms with Crippen LogP contribution < -0.4 is 14.8 Å². The molecule has 7 nitrogen and oxygen atoms in total. The predicted molar refractivity (Wildman–Crippen MR) is 125 cm³/mol. The lowest BCUT2D eigenvalue weighted by Gasteiger charge is -2.40. The number of amides is 2. The number of hydrogen-bond donors (Lipinski definition) is 1. The molecule has 1 N–H and O–H groups in total. The first-order valence-corrected chi connectivity index (χ1v) is 10.8. The molecule has 7 heteroatoms. The molecule has 33 heavy (non-hydrogen) atoms. The number of carbonyl (C=O) groups is 2. The van der Waals surface area contributed by atoms with Gasteiger partial charge in [-0.25, -0.2) is 0 Å². The minimum atomic E-state index is -0.578. The van der Waals surface area contributed by atoms with Crippen molar-refractivity contribution in [1.29, 1.82) is 0 Å². The average molecular weight is 446 g/mol. The fourth-order valence-corrected chi connectivity index (χ4v) is 4.38. The second-order valence-corrected chi connectivity index (χ2v) is 7.90. The second kappa shape index (κ2) is 9.73. The number of aromatic nitrogens is 1. The van der Waals surface area contributed by atoms with Gasteiger partial charge in [0.2, 0.25) is 5.91 Å². The highest BCUT2D eigenvalue weighted by atomic mass is 16.5. The fraction of sp³-hybridized carbons (Fsp3) is 0.269. The summed E-state index contributed by atoms with van der Waals surface area (Å²) in [5.74, 6) is 0.290. The van der Waals surface area contributed by atoms with E-state index in [2.05, 4.69) is 10.3 Å². The van der Waals surface area contributed by atoms with Gasteiger partial charge < -0.3 is 19.7 Å². The maximum Gasteiger partial charge on any atom is 0.254 e. The first-order valence-electron chi connectivity index (χ1n) is 10.8. The van der Waals surface area contributed by atoms with Crippen molar-refractivity contribution >= 4 is 11.8 Å². The van der Waals surface area contributed by atoms with Crippen LogP contribution in [0.4, 0.5) is 0 Å². The number of nitrogens with one attached hydrogen (secondary N) is 1. The highest BCUT2D eigenvalue weighted by molar-refractivity contribution is 6.01. The van der Waals surface area contributed by atoms with E-state index in [9.17, 15) is 9.59 Å². The van der Waals surface area contributed by atoms with Crippen molar-refractivity contribution in [3.63, 3.8) is 0 Å². The SMILES string of the molecule is COc1ccc([C@@H]2[C@@H](C(=O)NCCc3ccccn3)c3ccccc3C(=O)N2C)cc1OC. The van der Waals surface area contributed by atoms with E-state index in [1.165, 1.54) is 0 Å². The van der Waals surface area contributed by atoms with Crippen LogP contribution in [-0.2, 0) is 11.2 Å². The zero-order valence-corrected chi connectivity index (χ0v) is 18.9. The van der Waals surface area contributed by atoms with Crippen molar-refractivity contribution in [3.8, 4) is 11.5 Å². The van der Waals surface area contributed by atoms with Crippen molar-refractivity contribution in [3.05, 3.63) is 89.2 Å². The third-order valence-corrected chi connectivity index (χ3v) is 6.02. The van der Waals surface area contributed by atoms with Crippen LogP contribution in [-0.4, -0.2) is 49.5 Å². The standard InChI is InChI=1S/C26H27N3O4/c1-29-24(17-11-12-21(32-2)22(16-17)33-3)23(19-9-4-5-10-20(19)26(29)31)25(30)28-15-13-18-8-6-7-14-27-18/h4-12,14,16,23-24H,13,15H2,1-3H3,(H,28,30)/t23-,24+/m0/s1. The number of carbonyl (C=O) groups excluding carboxylic acids is 2. The lowest BCUT2D eigenvalue weighted by atomic mass is 9.79. The Labute approximate surface area is 193 Å². The van der Waals surface area contributed by atoms with Crippen molar-refractivity contribution in [2.75, 3.05) is 27.8 Å². The molecule has 1 aromatic heterocycles. The highest BCUT2D eigenvalue weighted by Crippen LogP contribution is 2.43. The van der Waals surface area contributed by atoms with E-state index in [0.29, 0.717) is 30.0 Å². The summed E-state index contributed by atoms with van der Waals surface area (Å²) in [6, 6.07) is 18.0. The summed E-state index contributed by atoms with van der Waals surface area (Å²) in [7, 11) is 4.87. The van der Waals surface area contributed by atoms with E-state index in [0.717, 1.165) is 16.8 Å². The Bertz CT molecular complexity index is 1150. The minimum Gasteiger partial charge on any atom is -0.493 e. The van der Waals surface area contributed by atoms with Gasteiger partial charge in [-0.05, 0) is 41.5 Å². The van der Waals surface area contributed by atoms with Crippen molar-refractivity contribution in [2.24, 2.45) is 0 Å². The number of pyridine rings is 1. The first-order chi connectivity index (χ1) is 16.0. The van der Waals surface area contributed by atoms with E-state index in [1.807, 2.05) is 48.5 Å². The highest BCUT2D eigenvalue weighted by Gasteiger charge is 2.42. The third-order valence-electron chi connectivity index (χ3n) is 6.02. The van der Waals surface area contributed by atoms with Gasteiger partial charge in [-0.15, -0.1) is 0 Å². The van der Waals surface area contributed by atoms with Crippen molar-refractivity contribution in [1.82, 2.24) is 15.2 Å². The Morgan fingerprint density at radius 3 is 2.52 bits per heavy atom. The normalized spacial score (nSPS) is 17.3. The predicted octanol–water partition coefficient (Wildman–Crippen LogP) is 3.37. The van der Waals surface area contributed by atoms with Gasteiger partial charge in [0.15, 0.2) is 11.5 Å². The maximum absolute atomic E-state index is 13.5. The van der Waals surface area contributed by atoms with Gasteiger partial charge in [0.25, 0.3) is 5.91 Å². The molecule has 1 aliphatic rings. The zero-order chi connectivity index (χ0) is 23.4. The fourth-order valence-electron chi connectivity index (χ4n) is 4.38. The molecular weight excluding hydrogens is 418 g/mol. The van der Waals surface area contributed by atoms with Gasteiger partial charge in [0.05, 0.1) is 26.2 Å². The molecule has 4 rings (SSSR count). The molecule has 2 atom stereocenters. The molecule has 0 saturated heterocycles. The van der Waals surface area contributed by atoms with Crippen LogP contribution >= 0.6 is 0 Å². The van der Waals surface area contributed by atoms with Gasteiger partial charge in [0, 0.05) is 37.5 Å². The van der Waals surface area contributed by atoms with Gasteiger partial charge in [-0.3, -0.25) is 14.6 Å².